The van der Waals surface area contributed by atoms with Crippen LogP contribution in [0.3, 0.4) is 0 Å². The molecule has 3 aromatic rings. The van der Waals surface area contributed by atoms with Crippen molar-refractivity contribution in [3.05, 3.63) is 53.2 Å². The van der Waals surface area contributed by atoms with E-state index in [0.29, 0.717) is 19.5 Å². The van der Waals surface area contributed by atoms with Crippen LogP contribution in [0, 0.1) is 17.5 Å². The number of likely N-dealkylation sites (tertiary alicyclic amines) is 1. The Balaban J connectivity index is 1.74. The molecule has 2 unspecified atom stereocenters. The van der Waals surface area contributed by atoms with Crippen LogP contribution in [-0.2, 0) is 6.18 Å². The quantitative estimate of drug-likeness (QED) is 0.504. The third-order valence-electron chi connectivity index (χ3n) is 5.13. The maximum atomic E-state index is 13.8. The average Bonchev–Trinajstić information content (AvgIpc) is 3.31. The molecule has 0 bridgehead atoms. The highest BCUT2D eigenvalue weighted by molar-refractivity contribution is 5.47. The van der Waals surface area contributed by atoms with Crippen LogP contribution in [-0.4, -0.2) is 43.6 Å². The number of hydrogen-bond acceptors (Lipinski definition) is 5. The Morgan fingerprint density at radius 1 is 1.13 bits per heavy atom. The van der Waals surface area contributed by atoms with E-state index >= 15 is 0 Å². The van der Waals surface area contributed by atoms with Gasteiger partial charge in [0.1, 0.15) is 12.1 Å². The predicted octanol–water partition coefficient (Wildman–Crippen LogP) is 3.81. The van der Waals surface area contributed by atoms with Crippen molar-refractivity contribution in [3.8, 4) is 0 Å². The van der Waals surface area contributed by atoms with Crippen molar-refractivity contribution in [2.45, 2.75) is 31.6 Å². The maximum absolute atomic E-state index is 13.8. The lowest BCUT2D eigenvalue weighted by Crippen LogP contribution is -2.32. The first-order valence-electron chi connectivity index (χ1n) is 9.12. The zero-order chi connectivity index (χ0) is 21.6. The molecular weight excluding hydrogens is 414 g/mol. The molecule has 160 valence electrons. The van der Waals surface area contributed by atoms with Gasteiger partial charge in [0, 0.05) is 18.7 Å². The van der Waals surface area contributed by atoms with Crippen LogP contribution in [0.2, 0.25) is 0 Å². The molecule has 2 atom stereocenters. The minimum Gasteiger partial charge on any atom is -0.365 e. The molecule has 1 fully saturated rings. The summed E-state index contributed by atoms with van der Waals surface area (Å²) in [6.45, 7) is 2.89. The summed E-state index contributed by atoms with van der Waals surface area (Å²) in [4.78, 5) is 9.07. The number of aromatic nitrogens is 4. The average molecular weight is 430 g/mol. The molecule has 0 amide bonds. The second-order valence-corrected chi connectivity index (χ2v) is 6.91. The van der Waals surface area contributed by atoms with E-state index in [1.807, 2.05) is 11.8 Å². The second kappa shape index (κ2) is 7.42. The summed E-state index contributed by atoms with van der Waals surface area (Å²) in [6, 6.07) is 1.50. The van der Waals surface area contributed by atoms with Gasteiger partial charge < -0.3 is 5.32 Å². The monoisotopic (exact) mass is 430 g/mol. The van der Waals surface area contributed by atoms with E-state index < -0.39 is 41.4 Å². The number of nitrogens with one attached hydrogen (secondary N) is 1. The SMILES string of the molecule is CCN1CCC(Nc2cc(C(F)(F)F)nc3ncnn23)C1c1cc(F)c(F)c(F)c1. The van der Waals surface area contributed by atoms with E-state index in [4.69, 9.17) is 0 Å². The zero-order valence-electron chi connectivity index (χ0n) is 15.6. The molecule has 1 aromatic carbocycles. The first-order valence-corrected chi connectivity index (χ1v) is 9.12. The summed E-state index contributed by atoms with van der Waals surface area (Å²) in [6.07, 6.45) is -3.15. The van der Waals surface area contributed by atoms with Crippen LogP contribution in [0.15, 0.2) is 24.5 Å². The van der Waals surface area contributed by atoms with Crippen molar-refractivity contribution < 1.29 is 26.3 Å². The highest BCUT2D eigenvalue weighted by Gasteiger charge is 2.38. The fraction of sp³-hybridized carbons (Fsp3) is 0.389. The first-order chi connectivity index (χ1) is 14.2. The van der Waals surface area contributed by atoms with Crippen molar-refractivity contribution in [2.24, 2.45) is 0 Å². The Labute approximate surface area is 166 Å². The smallest absolute Gasteiger partial charge is 0.365 e. The van der Waals surface area contributed by atoms with Crippen LogP contribution in [0.5, 0.6) is 0 Å². The number of hydrogen-bond donors (Lipinski definition) is 1. The topological polar surface area (TPSA) is 58.3 Å². The van der Waals surface area contributed by atoms with Crippen LogP contribution in [0.4, 0.5) is 32.2 Å². The number of halogens is 6. The van der Waals surface area contributed by atoms with Gasteiger partial charge in [-0.1, -0.05) is 6.92 Å². The zero-order valence-corrected chi connectivity index (χ0v) is 15.6. The largest absolute Gasteiger partial charge is 0.433 e. The number of alkyl halides is 3. The molecule has 0 saturated carbocycles. The van der Waals surface area contributed by atoms with E-state index in [9.17, 15) is 26.3 Å². The van der Waals surface area contributed by atoms with Gasteiger partial charge in [-0.15, -0.1) is 0 Å². The second-order valence-electron chi connectivity index (χ2n) is 6.91. The maximum Gasteiger partial charge on any atom is 0.433 e. The third-order valence-corrected chi connectivity index (χ3v) is 5.13. The summed E-state index contributed by atoms with van der Waals surface area (Å²) >= 11 is 0. The molecule has 0 spiro atoms. The van der Waals surface area contributed by atoms with Gasteiger partial charge in [0.05, 0.1) is 6.04 Å². The van der Waals surface area contributed by atoms with Crippen LogP contribution in [0.25, 0.3) is 5.78 Å². The molecule has 0 radical (unpaired) electrons. The Hall–Kier alpha value is -2.89. The van der Waals surface area contributed by atoms with Gasteiger partial charge in [-0.25, -0.2) is 18.2 Å². The van der Waals surface area contributed by atoms with Gasteiger partial charge in [0.25, 0.3) is 5.78 Å². The number of benzene rings is 1. The molecule has 4 rings (SSSR count). The van der Waals surface area contributed by atoms with Crippen molar-refractivity contribution in [1.29, 1.82) is 0 Å². The molecule has 6 nitrogen and oxygen atoms in total. The van der Waals surface area contributed by atoms with Gasteiger partial charge in [-0.05, 0) is 30.7 Å². The normalized spacial score (nSPS) is 20.2. The Bertz CT molecular complexity index is 1060. The van der Waals surface area contributed by atoms with Crippen LogP contribution < -0.4 is 5.32 Å². The molecule has 2 aromatic heterocycles. The van der Waals surface area contributed by atoms with Gasteiger partial charge in [-0.2, -0.15) is 27.8 Å². The standard InChI is InChI=1S/C18H16F6N6/c1-2-29-4-3-12(16(29)9-5-10(19)15(21)11(20)6-9)27-14-7-13(18(22,23)24)28-17-25-8-26-30(14)17/h5-8,12,16,27H,2-4H2,1H3. The van der Waals surface area contributed by atoms with E-state index in [2.05, 4.69) is 20.4 Å². The lowest BCUT2D eigenvalue weighted by Gasteiger charge is -2.29. The number of nitrogens with zero attached hydrogens (tertiary/aromatic N) is 5. The third kappa shape index (κ3) is 3.55. The lowest BCUT2D eigenvalue weighted by molar-refractivity contribution is -0.141. The summed E-state index contributed by atoms with van der Waals surface area (Å²) in [7, 11) is 0. The van der Waals surface area contributed by atoms with Crippen LogP contribution in [0.1, 0.15) is 30.6 Å². The number of rotatable bonds is 4. The fourth-order valence-electron chi connectivity index (χ4n) is 3.80. The Kier molecular flexibility index (Phi) is 5.04. The minimum atomic E-state index is -4.70. The Morgan fingerprint density at radius 3 is 2.47 bits per heavy atom. The fourth-order valence-corrected chi connectivity index (χ4v) is 3.80. The van der Waals surface area contributed by atoms with Crippen molar-refractivity contribution in [2.75, 3.05) is 18.4 Å². The van der Waals surface area contributed by atoms with Crippen LogP contribution >= 0.6 is 0 Å². The molecule has 3 heterocycles. The molecule has 12 heteroatoms. The Morgan fingerprint density at radius 2 is 1.83 bits per heavy atom. The molecule has 1 N–H and O–H groups in total. The molecule has 0 aliphatic carbocycles. The molecular formula is C18H16F6N6. The highest BCUT2D eigenvalue weighted by atomic mass is 19.4. The van der Waals surface area contributed by atoms with Gasteiger partial charge in [-0.3, -0.25) is 4.90 Å². The lowest BCUT2D eigenvalue weighted by atomic mass is 9.99. The predicted molar refractivity (Wildman–Crippen MR) is 94.1 cm³/mol. The number of likely N-dealkylation sites (N-methyl/N-ethyl adjacent to an activating group) is 1. The van der Waals surface area contributed by atoms with Crippen molar-refractivity contribution in [3.63, 3.8) is 0 Å². The number of anilines is 1. The van der Waals surface area contributed by atoms with Crippen molar-refractivity contribution >= 4 is 11.6 Å². The van der Waals surface area contributed by atoms with E-state index in [1.54, 1.807) is 0 Å². The first kappa shape index (κ1) is 20.4. The number of fused-ring (bicyclic) bond motifs is 1. The summed E-state index contributed by atoms with van der Waals surface area (Å²) in [5, 5.41) is 6.88. The van der Waals surface area contributed by atoms with Crippen molar-refractivity contribution in [1.82, 2.24) is 24.5 Å². The van der Waals surface area contributed by atoms with Gasteiger partial charge in [0.15, 0.2) is 23.1 Å². The summed E-state index contributed by atoms with van der Waals surface area (Å²) in [5.74, 6) is -4.48. The molecule has 1 saturated heterocycles. The van der Waals surface area contributed by atoms with E-state index in [1.165, 1.54) is 0 Å². The van der Waals surface area contributed by atoms with Gasteiger partial charge in [0.2, 0.25) is 0 Å². The highest BCUT2D eigenvalue weighted by Crippen LogP contribution is 2.36. The summed E-state index contributed by atoms with van der Waals surface area (Å²) < 4.78 is 81.8. The molecule has 1 aliphatic heterocycles. The molecule has 30 heavy (non-hydrogen) atoms. The van der Waals surface area contributed by atoms with E-state index in [-0.39, 0.29) is 17.2 Å². The molecule has 1 aliphatic rings. The minimum absolute atomic E-state index is 0.0131. The summed E-state index contributed by atoms with van der Waals surface area (Å²) in [5.41, 5.74) is -0.963. The van der Waals surface area contributed by atoms with Gasteiger partial charge >= 0.3 is 6.18 Å². The van der Waals surface area contributed by atoms with E-state index in [0.717, 1.165) is 29.0 Å².